The summed E-state index contributed by atoms with van der Waals surface area (Å²) in [7, 11) is -9.63. The van der Waals surface area contributed by atoms with Crippen molar-refractivity contribution in [3.05, 3.63) is 98.7 Å². The number of amidine groups is 3. The van der Waals surface area contributed by atoms with Crippen LogP contribution in [-0.2, 0) is 136 Å². The van der Waals surface area contributed by atoms with Crippen LogP contribution in [0, 0.1) is 22.7 Å². The molecular formula is C80H117Cl3F5N11O33P2. The number of aliphatic imine (C=N–C) groups is 3. The number of amides is 1. The number of nitrogens with two attached hydrogens (primary N) is 3. The molecule has 0 spiro atoms. The molecule has 8 heterocycles. The Morgan fingerprint density at radius 1 is 0.515 bits per heavy atom. The molecule has 8 aliphatic heterocycles. The first-order valence-electron chi connectivity index (χ1n) is 41.0. The van der Waals surface area contributed by atoms with E-state index in [0.29, 0.717) is 0 Å². The van der Waals surface area contributed by atoms with Crippen LogP contribution >= 0.6 is 50.4 Å². The zero-order valence-corrected chi connectivity index (χ0v) is 80.7. The van der Waals surface area contributed by atoms with Gasteiger partial charge in [0.1, 0.15) is 72.3 Å². The molecule has 1 amide bonds. The average Bonchev–Trinajstić information content (AvgIpc) is 1.60. The first-order chi connectivity index (χ1) is 62.1. The molecule has 0 aliphatic carbocycles. The average molecular weight is 2020 g/mol. The molecule has 44 nitrogen and oxygen atoms in total. The molecule has 16 atom stereocenters. The van der Waals surface area contributed by atoms with Crippen LogP contribution < -0.4 is 22.5 Å². The molecule has 756 valence electrons. The summed E-state index contributed by atoms with van der Waals surface area (Å²) in [6.07, 6.45) is -11.4. The van der Waals surface area contributed by atoms with Crippen LogP contribution in [0.4, 0.5) is 31.5 Å². The summed E-state index contributed by atoms with van der Waals surface area (Å²) in [4.78, 5) is 123. The molecule has 0 radical (unpaired) electrons. The van der Waals surface area contributed by atoms with E-state index in [4.69, 9.17) is 136 Å². The number of ether oxygens (including phenoxy) is 14. The highest BCUT2D eigenvalue weighted by molar-refractivity contribution is 7.48. The van der Waals surface area contributed by atoms with E-state index >= 15 is 22.0 Å². The summed E-state index contributed by atoms with van der Waals surface area (Å²) in [5.41, 5.74) is 7.15. The number of esters is 6. The van der Waals surface area contributed by atoms with Gasteiger partial charge in [-0.15, -0.1) is 34.8 Å². The fraction of sp³-hybridized carbons (Fsp3) is 0.650. The van der Waals surface area contributed by atoms with E-state index in [9.17, 15) is 62.5 Å². The van der Waals surface area contributed by atoms with Gasteiger partial charge in [-0.1, -0.05) is 67.9 Å². The smallest absolute Gasteiger partial charge is 0.462 e. The molecule has 0 bridgehead atoms. The van der Waals surface area contributed by atoms with Gasteiger partial charge in [-0.05, 0) is 94.4 Å². The number of rotatable bonds is 37. The van der Waals surface area contributed by atoms with Crippen LogP contribution in [0.15, 0.2) is 114 Å². The summed E-state index contributed by atoms with van der Waals surface area (Å²) in [6, 6.07) is 0. The van der Waals surface area contributed by atoms with Gasteiger partial charge >= 0.3 is 63.8 Å². The number of phosphoric acid groups is 2. The Hall–Kier alpha value is -9.14. The van der Waals surface area contributed by atoms with Crippen molar-refractivity contribution < 1.29 is 178 Å². The second kappa shape index (κ2) is 49.2. The molecule has 0 saturated carbocycles. The third-order valence-corrected chi connectivity index (χ3v) is 22.9. The fourth-order valence-corrected chi connectivity index (χ4v) is 14.4. The van der Waals surface area contributed by atoms with Crippen LogP contribution in [-0.4, -0.2) is 281 Å². The molecule has 8 rings (SSSR count). The van der Waals surface area contributed by atoms with Crippen molar-refractivity contribution in [2.24, 2.45) is 54.8 Å². The minimum Gasteiger partial charge on any atom is -0.462 e. The van der Waals surface area contributed by atoms with Crippen molar-refractivity contribution in [1.82, 2.24) is 24.9 Å². The summed E-state index contributed by atoms with van der Waals surface area (Å²) in [5.74, 6) is -8.82. The van der Waals surface area contributed by atoms with Gasteiger partial charge in [0, 0.05) is 43.7 Å². The van der Waals surface area contributed by atoms with E-state index in [1.54, 1.807) is 83.1 Å². The van der Waals surface area contributed by atoms with Gasteiger partial charge in [-0.25, -0.2) is 73.7 Å². The van der Waals surface area contributed by atoms with E-state index in [1.165, 1.54) is 79.2 Å². The maximum Gasteiger partial charge on any atom is 0.510 e. The van der Waals surface area contributed by atoms with E-state index in [2.05, 4.69) is 56.1 Å². The second-order valence-corrected chi connectivity index (χ2v) is 37.5. The zero-order chi connectivity index (χ0) is 102. The van der Waals surface area contributed by atoms with Crippen molar-refractivity contribution in [3.8, 4) is 0 Å². The topological polar surface area (TPSA) is 553 Å². The number of phosphoric ester groups is 2. The highest BCUT2D eigenvalue weighted by atomic mass is 35.5. The summed E-state index contributed by atoms with van der Waals surface area (Å²) in [6.45, 7) is 34.0. The first kappa shape index (κ1) is 115. The second-order valence-electron chi connectivity index (χ2n) is 33.4. The Morgan fingerprint density at radius 2 is 0.881 bits per heavy atom. The number of carbonyl (C=O) groups excluding carboxylic acids is 9. The first-order valence-corrected chi connectivity index (χ1v) is 45.5. The van der Waals surface area contributed by atoms with Crippen LogP contribution in [0.25, 0.3) is 0 Å². The lowest BCUT2D eigenvalue weighted by atomic mass is 9.96. The highest BCUT2D eigenvalue weighted by Crippen LogP contribution is 2.55. The Bertz CT molecular complexity index is 4480. The van der Waals surface area contributed by atoms with Gasteiger partial charge in [-0.3, -0.25) is 42.6 Å². The van der Waals surface area contributed by atoms with Crippen molar-refractivity contribution in [2.75, 3.05) is 71.2 Å². The fourth-order valence-electron chi connectivity index (χ4n) is 11.6. The molecule has 0 aromatic heterocycles. The monoisotopic (exact) mass is 2020 g/mol. The SMILES string of the molecule is C=C1N=C(N)C=CN1[C@@H]1O[C@](CCl)(COC(=O)C(C)C)[C@@H](OC(=O)C(C)C)[C@H]1F.C=C1N=C(N)C=CN1[C@@H]1O[C@](CCl)(COC(=O)CC)[C@@H](OC(=O)CC)[C@H]1F.C=C1N=C(N)C=CN1[C@@H]1O[C@](CCl)(COP(=O)(OCOC(=O)C(C)(C)C)OCOC(=O)C(C)(C)C)[C@@H](O)[C@H]1F.C=C1NC(=O)C=CN1[C@@H]1O[C@](F)(COP(=O)(OCOC(=O)OC(C)C)OCOC(=O)OC(C)C)[C@@H](O)[C@@]1(C)F. The van der Waals surface area contributed by atoms with Gasteiger partial charge in [0.25, 0.3) is 11.8 Å². The molecular weight excluding hydrogens is 1910 g/mol. The highest BCUT2D eigenvalue weighted by Gasteiger charge is 2.67. The Labute approximate surface area is 784 Å². The van der Waals surface area contributed by atoms with Crippen LogP contribution in [0.1, 0.15) is 131 Å². The van der Waals surface area contributed by atoms with Gasteiger partial charge in [-0.2, -0.15) is 0 Å². The van der Waals surface area contributed by atoms with E-state index < -0.39 is 247 Å². The Morgan fingerprint density at radius 3 is 1.25 bits per heavy atom. The predicted octanol–water partition coefficient (Wildman–Crippen LogP) is 9.31. The number of hydrogen-bond acceptors (Lipinski definition) is 43. The standard InChI is InChI=1S/C23H36ClFN3O10P.C21H31F2N2O13P.C19H27ClFN3O5.C17H23ClFN3O5/c1-14-27-15(26)8-9-28(14)18-16(25)17(29)23(10-24,38-18)11-35-39(32,36-12-33-19(30)21(2,3)4)37-13-34-20(31)22(5,6)7;1-12(2)36-18(28)31-10-34-39(30,35-11-32-19(29)37-13(3)4)33-9-21(23)16(27)20(6,22)17(38-21)25-8-7-15(26)24-14(25)5;1-10(2)17(25)27-9-19(8-20)15(28-18(26)11(3)4)14(21)16(29-19)24-7-6-13(22)23-12(24)5;1-4-12(23)25-9-17(8-18)15(26-13(24)5-2)14(19)16(27-17)22-7-6-11(20)21-10(22)3/h8-9,16-18,29H,1,10-13H2,2-7H3,(H2,26,27);7-8,12-13,16-17,27H,5,9-11H2,1-4,6H3,(H,24,26);6-7,10-11,14-16H,5,8-9H2,1-4H3,(H2,22,23);6-7,14-16H,3-5,8-9H2,1-2H3,(H2,20,21)/t16-,17+,18-,23-;16-,17+,20+,21+;14-,15+,16-,19-;14-,15+,16-,17-/m1011/s1. The lowest BCUT2D eigenvalue weighted by molar-refractivity contribution is -0.209. The summed E-state index contributed by atoms with van der Waals surface area (Å²) in [5, 5.41) is 23.4. The molecule has 0 aromatic carbocycles. The third-order valence-electron chi connectivity index (χ3n) is 19.0. The number of alkyl halides is 8. The van der Waals surface area contributed by atoms with Crippen molar-refractivity contribution in [2.45, 2.75) is 239 Å². The Balaban J connectivity index is 0.000000320. The minimum atomic E-state index is -4.96. The van der Waals surface area contributed by atoms with Gasteiger partial charge in [0.05, 0.1) is 59.1 Å². The van der Waals surface area contributed by atoms with Crippen LogP contribution in [0.3, 0.4) is 0 Å². The van der Waals surface area contributed by atoms with E-state index in [1.807, 2.05) is 0 Å². The maximum absolute atomic E-state index is 15.7. The summed E-state index contributed by atoms with van der Waals surface area (Å²) < 4.78 is 206. The molecule has 4 saturated heterocycles. The quantitative estimate of drug-likeness (QED) is 0.00842. The predicted molar refractivity (Wildman–Crippen MR) is 463 cm³/mol. The number of nitrogens with zero attached hydrogens (tertiary/aromatic N) is 7. The molecule has 54 heteroatoms. The molecule has 0 aromatic rings. The maximum atomic E-state index is 15.7. The molecule has 4 fully saturated rings. The minimum absolute atomic E-state index is 0.0398. The Kier molecular flexibility index (Phi) is 42.4. The largest absolute Gasteiger partial charge is 0.510 e. The number of halogens is 8. The van der Waals surface area contributed by atoms with Gasteiger partial charge < -0.3 is 119 Å². The lowest BCUT2D eigenvalue weighted by Crippen LogP contribution is -2.51. The molecule has 134 heavy (non-hydrogen) atoms. The van der Waals surface area contributed by atoms with Gasteiger partial charge in [0.2, 0.25) is 27.2 Å². The van der Waals surface area contributed by atoms with E-state index in [-0.39, 0.29) is 78.6 Å². The third kappa shape index (κ3) is 31.2. The number of carbonyl (C=O) groups is 9. The molecule has 9 N–H and O–H groups in total. The van der Waals surface area contributed by atoms with Crippen molar-refractivity contribution in [3.63, 3.8) is 0 Å². The van der Waals surface area contributed by atoms with Crippen molar-refractivity contribution in [1.29, 1.82) is 0 Å². The summed E-state index contributed by atoms with van der Waals surface area (Å²) >= 11 is 18.3. The molecule has 8 aliphatic rings. The normalized spacial score (nSPS) is 27.9. The number of nitrogens with one attached hydrogen (secondary N) is 1. The van der Waals surface area contributed by atoms with Crippen LogP contribution in [0.2, 0.25) is 0 Å². The molecule has 0 unspecified atom stereocenters. The van der Waals surface area contributed by atoms with E-state index in [0.717, 1.165) is 24.1 Å². The lowest BCUT2D eigenvalue weighted by Gasteiger charge is -2.35. The number of aliphatic hydroxyl groups is 2. The number of hydrogen-bond donors (Lipinski definition) is 6. The van der Waals surface area contributed by atoms with Crippen molar-refractivity contribution >= 4 is 122 Å². The number of aliphatic hydroxyl groups excluding tert-OH is 2. The van der Waals surface area contributed by atoms with Crippen LogP contribution in [0.5, 0.6) is 0 Å². The zero-order valence-electron chi connectivity index (χ0n) is 76.6. The van der Waals surface area contributed by atoms with Gasteiger partial charge in [0.15, 0.2) is 78.6 Å².